The number of carbonyl (C=O) groups excluding carboxylic acids is 1. The first-order chi connectivity index (χ1) is 12.2. The molecule has 0 bridgehead atoms. The number of aliphatic hydroxyl groups excluding tert-OH is 1. The van der Waals surface area contributed by atoms with Gasteiger partial charge in [-0.15, -0.1) is 0 Å². The van der Waals surface area contributed by atoms with Gasteiger partial charge >= 0.3 is 0 Å². The summed E-state index contributed by atoms with van der Waals surface area (Å²) in [7, 11) is 0. The van der Waals surface area contributed by atoms with Crippen LogP contribution in [0.4, 0.5) is 5.82 Å². The number of likely N-dealkylation sites (tertiary alicyclic amines) is 1. The molecule has 0 aliphatic carbocycles. The third kappa shape index (κ3) is 4.67. The lowest BCUT2D eigenvalue weighted by atomic mass is 10.0. The van der Waals surface area contributed by atoms with Crippen molar-refractivity contribution in [2.45, 2.75) is 38.8 Å². The van der Waals surface area contributed by atoms with Gasteiger partial charge in [-0.3, -0.25) is 9.69 Å². The van der Waals surface area contributed by atoms with Crippen LogP contribution in [0.25, 0.3) is 0 Å². The van der Waals surface area contributed by atoms with E-state index in [1.54, 1.807) is 10.9 Å². The third-order valence-electron chi connectivity index (χ3n) is 4.71. The van der Waals surface area contributed by atoms with E-state index < -0.39 is 0 Å². The van der Waals surface area contributed by atoms with Crippen LogP contribution < -0.4 is 5.32 Å². The monoisotopic (exact) mass is 342 g/mol. The van der Waals surface area contributed by atoms with Crippen molar-refractivity contribution in [3.05, 3.63) is 47.7 Å². The van der Waals surface area contributed by atoms with Crippen molar-refractivity contribution in [1.29, 1.82) is 0 Å². The van der Waals surface area contributed by atoms with Gasteiger partial charge in [0.1, 0.15) is 5.82 Å². The van der Waals surface area contributed by atoms with E-state index in [-0.39, 0.29) is 18.6 Å². The van der Waals surface area contributed by atoms with Crippen LogP contribution in [-0.4, -0.2) is 51.4 Å². The molecule has 2 N–H and O–H groups in total. The van der Waals surface area contributed by atoms with E-state index in [2.05, 4.69) is 40.4 Å². The Balaban J connectivity index is 1.61. The number of rotatable bonds is 6. The van der Waals surface area contributed by atoms with Gasteiger partial charge in [-0.25, -0.2) is 4.68 Å². The molecule has 1 fully saturated rings. The first-order valence-corrected chi connectivity index (χ1v) is 8.88. The SMILES string of the molecule is Cc1cccc(Cn2nccc2NC(=O)CN2CCCCC2CO)c1. The minimum Gasteiger partial charge on any atom is -0.395 e. The smallest absolute Gasteiger partial charge is 0.239 e. The fourth-order valence-electron chi connectivity index (χ4n) is 3.39. The predicted octanol–water partition coefficient (Wildman–Crippen LogP) is 2.03. The minimum atomic E-state index is -0.0636. The summed E-state index contributed by atoms with van der Waals surface area (Å²) < 4.78 is 1.80. The molecule has 1 saturated heterocycles. The molecule has 134 valence electrons. The zero-order valence-electron chi connectivity index (χ0n) is 14.7. The molecular weight excluding hydrogens is 316 g/mol. The molecule has 0 spiro atoms. The standard InChI is InChI=1S/C19H26N4O2/c1-15-5-4-6-16(11-15)12-23-18(8-9-20-23)21-19(25)13-22-10-3-2-7-17(22)14-24/h4-6,8-9,11,17,24H,2-3,7,10,12-14H2,1H3,(H,21,25). The molecule has 1 aromatic heterocycles. The molecule has 25 heavy (non-hydrogen) atoms. The van der Waals surface area contributed by atoms with Gasteiger partial charge < -0.3 is 10.4 Å². The quantitative estimate of drug-likeness (QED) is 0.843. The molecule has 6 nitrogen and oxygen atoms in total. The lowest BCUT2D eigenvalue weighted by Gasteiger charge is -2.33. The Labute approximate surface area is 148 Å². The summed E-state index contributed by atoms with van der Waals surface area (Å²) in [5.41, 5.74) is 2.35. The van der Waals surface area contributed by atoms with Gasteiger partial charge in [0.2, 0.25) is 5.91 Å². The van der Waals surface area contributed by atoms with Gasteiger partial charge in [0.25, 0.3) is 0 Å². The maximum atomic E-state index is 12.4. The van der Waals surface area contributed by atoms with Crippen LogP contribution in [0.3, 0.4) is 0 Å². The van der Waals surface area contributed by atoms with E-state index in [0.717, 1.165) is 31.4 Å². The van der Waals surface area contributed by atoms with Crippen LogP contribution in [0.1, 0.15) is 30.4 Å². The molecule has 1 aromatic carbocycles. The summed E-state index contributed by atoms with van der Waals surface area (Å²) in [5, 5.41) is 16.8. The second kappa shape index (κ2) is 8.27. The van der Waals surface area contributed by atoms with Crippen molar-refractivity contribution >= 4 is 11.7 Å². The van der Waals surface area contributed by atoms with Crippen molar-refractivity contribution in [3.63, 3.8) is 0 Å². The number of hydrogen-bond donors (Lipinski definition) is 2. The highest BCUT2D eigenvalue weighted by atomic mass is 16.3. The second-order valence-corrected chi connectivity index (χ2v) is 6.71. The van der Waals surface area contributed by atoms with Gasteiger partial charge in [-0.2, -0.15) is 5.10 Å². The van der Waals surface area contributed by atoms with Crippen LogP contribution in [0, 0.1) is 6.92 Å². The lowest BCUT2D eigenvalue weighted by molar-refractivity contribution is -0.118. The topological polar surface area (TPSA) is 70.4 Å². The molecule has 1 aliphatic heterocycles. The first kappa shape index (κ1) is 17.6. The molecule has 6 heteroatoms. The summed E-state index contributed by atoms with van der Waals surface area (Å²) in [5.74, 6) is 0.635. The Hall–Kier alpha value is -2.18. The summed E-state index contributed by atoms with van der Waals surface area (Å²) in [4.78, 5) is 14.5. The van der Waals surface area contributed by atoms with Crippen LogP contribution in [-0.2, 0) is 11.3 Å². The van der Waals surface area contributed by atoms with E-state index in [1.807, 2.05) is 12.1 Å². The molecule has 2 heterocycles. The van der Waals surface area contributed by atoms with Crippen LogP contribution in [0.2, 0.25) is 0 Å². The number of piperidine rings is 1. The molecule has 1 aliphatic rings. The molecule has 1 atom stereocenters. The van der Waals surface area contributed by atoms with Crippen LogP contribution in [0.5, 0.6) is 0 Å². The van der Waals surface area contributed by atoms with Gasteiger partial charge in [0, 0.05) is 12.1 Å². The molecule has 0 radical (unpaired) electrons. The van der Waals surface area contributed by atoms with Gasteiger partial charge in [-0.1, -0.05) is 36.2 Å². The van der Waals surface area contributed by atoms with Gasteiger partial charge in [-0.05, 0) is 31.9 Å². The minimum absolute atomic E-state index is 0.0636. The Bertz CT molecular complexity index is 713. The van der Waals surface area contributed by atoms with Gasteiger partial charge in [0.15, 0.2) is 0 Å². The molecular formula is C19H26N4O2. The molecule has 3 rings (SSSR count). The van der Waals surface area contributed by atoms with Crippen LogP contribution >= 0.6 is 0 Å². The zero-order valence-corrected chi connectivity index (χ0v) is 14.7. The van der Waals surface area contributed by atoms with E-state index in [4.69, 9.17) is 0 Å². The normalized spacial score (nSPS) is 18.2. The second-order valence-electron chi connectivity index (χ2n) is 6.71. The van der Waals surface area contributed by atoms with E-state index in [1.165, 1.54) is 5.56 Å². The maximum absolute atomic E-state index is 12.4. The molecule has 1 unspecified atom stereocenters. The lowest BCUT2D eigenvalue weighted by Crippen LogP contribution is -2.45. The Kier molecular flexibility index (Phi) is 5.83. The summed E-state index contributed by atoms with van der Waals surface area (Å²) in [6, 6.07) is 10.2. The molecule has 1 amide bonds. The highest BCUT2D eigenvalue weighted by molar-refractivity contribution is 5.91. The number of benzene rings is 1. The fraction of sp³-hybridized carbons (Fsp3) is 0.474. The highest BCUT2D eigenvalue weighted by Crippen LogP contribution is 2.17. The Morgan fingerprint density at radius 3 is 3.04 bits per heavy atom. The predicted molar refractivity (Wildman–Crippen MR) is 97.4 cm³/mol. The highest BCUT2D eigenvalue weighted by Gasteiger charge is 2.23. The number of anilines is 1. The largest absolute Gasteiger partial charge is 0.395 e. The van der Waals surface area contributed by atoms with E-state index in [9.17, 15) is 9.90 Å². The van der Waals surface area contributed by atoms with Gasteiger partial charge in [0.05, 0.1) is 25.9 Å². The van der Waals surface area contributed by atoms with Crippen molar-refractivity contribution in [3.8, 4) is 0 Å². The number of aromatic nitrogens is 2. The maximum Gasteiger partial charge on any atom is 0.239 e. The number of hydrogen-bond acceptors (Lipinski definition) is 4. The van der Waals surface area contributed by atoms with Crippen molar-refractivity contribution < 1.29 is 9.90 Å². The Morgan fingerprint density at radius 1 is 1.36 bits per heavy atom. The number of nitrogens with zero attached hydrogens (tertiary/aromatic N) is 3. The zero-order chi connectivity index (χ0) is 17.6. The molecule has 0 saturated carbocycles. The average Bonchev–Trinajstić information content (AvgIpc) is 3.02. The fourth-order valence-corrected chi connectivity index (χ4v) is 3.39. The number of aliphatic hydroxyl groups is 1. The summed E-state index contributed by atoms with van der Waals surface area (Å²) >= 11 is 0. The van der Waals surface area contributed by atoms with E-state index >= 15 is 0 Å². The number of amides is 1. The van der Waals surface area contributed by atoms with Crippen molar-refractivity contribution in [1.82, 2.24) is 14.7 Å². The third-order valence-corrected chi connectivity index (χ3v) is 4.71. The average molecular weight is 342 g/mol. The van der Waals surface area contributed by atoms with Crippen molar-refractivity contribution in [2.24, 2.45) is 0 Å². The molecule has 2 aromatic rings. The Morgan fingerprint density at radius 2 is 2.24 bits per heavy atom. The van der Waals surface area contributed by atoms with Crippen molar-refractivity contribution in [2.75, 3.05) is 25.0 Å². The number of carbonyl (C=O) groups is 1. The summed E-state index contributed by atoms with van der Waals surface area (Å²) in [6.45, 7) is 3.96. The van der Waals surface area contributed by atoms with E-state index in [0.29, 0.717) is 18.9 Å². The summed E-state index contributed by atoms with van der Waals surface area (Å²) in [6.07, 6.45) is 4.85. The number of aryl methyl sites for hydroxylation is 1. The first-order valence-electron chi connectivity index (χ1n) is 8.88. The number of nitrogens with one attached hydrogen (secondary N) is 1. The van der Waals surface area contributed by atoms with Crippen LogP contribution in [0.15, 0.2) is 36.5 Å².